The van der Waals surface area contributed by atoms with Crippen LogP contribution in [0.25, 0.3) is 0 Å². The van der Waals surface area contributed by atoms with Crippen LogP contribution >= 0.6 is 7.82 Å². The molecule has 10 heteroatoms. The van der Waals surface area contributed by atoms with E-state index in [2.05, 4.69) is 44.2 Å². The number of carbonyl (C=O) groups excluding carboxylic acids is 2. The highest BCUT2D eigenvalue weighted by atomic mass is 31.2. The highest BCUT2D eigenvalue weighted by Gasteiger charge is 2.26. The maximum atomic E-state index is 12.5. The Morgan fingerprint density at radius 3 is 1.62 bits per heavy atom. The minimum Gasteiger partial charge on any atom is -0.462 e. The summed E-state index contributed by atoms with van der Waals surface area (Å²) in [4.78, 5) is 34.8. The predicted molar refractivity (Wildman–Crippen MR) is 215 cm³/mol. The zero-order valence-corrected chi connectivity index (χ0v) is 33.9. The number of nitrogens with two attached hydrogens (primary N) is 1. The monoisotopic (exact) mass is 754 g/mol. The molecule has 0 aliphatic heterocycles. The summed E-state index contributed by atoms with van der Waals surface area (Å²) >= 11 is 0. The molecule has 0 aromatic heterocycles. The summed E-state index contributed by atoms with van der Waals surface area (Å²) in [6, 6.07) is 0. The summed E-state index contributed by atoms with van der Waals surface area (Å²) in [6.45, 7) is 3.56. The van der Waals surface area contributed by atoms with Crippen molar-refractivity contribution < 1.29 is 37.6 Å². The van der Waals surface area contributed by atoms with Crippen LogP contribution in [-0.4, -0.2) is 49.3 Å². The van der Waals surface area contributed by atoms with Gasteiger partial charge in [0.2, 0.25) is 0 Å². The van der Waals surface area contributed by atoms with Crippen LogP contribution in [0.4, 0.5) is 0 Å². The van der Waals surface area contributed by atoms with Crippen LogP contribution in [0, 0.1) is 0 Å². The van der Waals surface area contributed by atoms with Gasteiger partial charge < -0.3 is 20.1 Å². The van der Waals surface area contributed by atoms with Crippen molar-refractivity contribution in [1.29, 1.82) is 0 Å². The Morgan fingerprint density at radius 1 is 0.596 bits per heavy atom. The Morgan fingerprint density at radius 2 is 1.08 bits per heavy atom. The Bertz CT molecular complexity index is 996. The average Bonchev–Trinajstić information content (AvgIpc) is 3.13. The molecule has 2 atom stereocenters. The molecule has 0 heterocycles. The van der Waals surface area contributed by atoms with Gasteiger partial charge in [0.15, 0.2) is 6.10 Å². The van der Waals surface area contributed by atoms with Crippen LogP contribution in [0.5, 0.6) is 0 Å². The summed E-state index contributed by atoms with van der Waals surface area (Å²) in [5, 5.41) is 0. The molecule has 9 nitrogen and oxygen atoms in total. The van der Waals surface area contributed by atoms with E-state index in [1.165, 1.54) is 64.2 Å². The molecule has 0 rings (SSSR count). The van der Waals surface area contributed by atoms with Gasteiger partial charge in [0, 0.05) is 19.4 Å². The number of hydrogen-bond acceptors (Lipinski definition) is 8. The lowest BCUT2D eigenvalue weighted by atomic mass is 10.1. The van der Waals surface area contributed by atoms with Crippen LogP contribution in [0.15, 0.2) is 48.6 Å². The third-order valence-corrected chi connectivity index (χ3v) is 9.49. The van der Waals surface area contributed by atoms with E-state index in [9.17, 15) is 19.0 Å². The van der Waals surface area contributed by atoms with E-state index >= 15 is 0 Å². The fraction of sp³-hybridized carbons (Fsp3) is 0.762. The van der Waals surface area contributed by atoms with Crippen LogP contribution in [0.1, 0.15) is 174 Å². The van der Waals surface area contributed by atoms with E-state index in [4.69, 9.17) is 24.3 Å². The molecule has 0 aliphatic carbocycles. The first-order valence-electron chi connectivity index (χ1n) is 20.6. The van der Waals surface area contributed by atoms with Crippen molar-refractivity contribution in [3.05, 3.63) is 48.6 Å². The average molecular weight is 754 g/mol. The highest BCUT2D eigenvalue weighted by molar-refractivity contribution is 7.47. The Hall–Kier alpha value is -2.03. The minimum absolute atomic E-state index is 0.0470. The van der Waals surface area contributed by atoms with Crippen molar-refractivity contribution in [2.45, 2.75) is 180 Å². The van der Waals surface area contributed by atoms with Crippen molar-refractivity contribution in [1.82, 2.24) is 0 Å². The number of allylic oxidation sites excluding steroid dienone is 8. The van der Waals surface area contributed by atoms with Crippen LogP contribution in [-0.2, 0) is 32.7 Å². The molecule has 0 saturated heterocycles. The normalized spacial score (nSPS) is 13.8. The molecule has 0 aromatic rings. The van der Waals surface area contributed by atoms with E-state index in [0.29, 0.717) is 6.42 Å². The van der Waals surface area contributed by atoms with E-state index in [1.807, 2.05) is 18.2 Å². The SMILES string of the molecule is CC/C=C/C=C/C=C/CCCCCCCC(=O)OC(COC(=O)CCCCCCC/C=C/CCCCCCCCCCC)COP(=O)(O)OCCN. The van der Waals surface area contributed by atoms with Crippen molar-refractivity contribution in [2.24, 2.45) is 5.73 Å². The lowest BCUT2D eigenvalue weighted by molar-refractivity contribution is -0.161. The van der Waals surface area contributed by atoms with Gasteiger partial charge in [-0.3, -0.25) is 18.6 Å². The maximum absolute atomic E-state index is 12.5. The second kappa shape index (κ2) is 38.7. The molecule has 0 aromatic carbocycles. The first-order chi connectivity index (χ1) is 25.3. The van der Waals surface area contributed by atoms with Crippen LogP contribution < -0.4 is 5.73 Å². The standard InChI is InChI=1S/C42H76NO8P/c1-3-5-7-9-11-13-15-17-18-19-20-21-23-24-26-28-30-32-34-41(44)48-38-40(39-50-52(46,47)49-37-36-43)51-42(45)35-33-31-29-27-25-22-16-14-12-10-8-6-4-2/h6,8,10,12,14,16,20-21,40H,3-5,7,9,11,13,15,17-19,22-39,43H2,1-2H3,(H,46,47)/b8-6+,12-10+,16-14+,21-20+. The number of unbranched alkanes of at least 4 members (excludes halogenated alkanes) is 19. The number of phosphoric ester groups is 1. The van der Waals surface area contributed by atoms with Crippen molar-refractivity contribution in [3.63, 3.8) is 0 Å². The van der Waals surface area contributed by atoms with Crippen LogP contribution in [0.3, 0.4) is 0 Å². The molecule has 3 N–H and O–H groups in total. The molecular weight excluding hydrogens is 677 g/mol. The fourth-order valence-corrected chi connectivity index (χ4v) is 6.22. The summed E-state index contributed by atoms with van der Waals surface area (Å²) in [5.74, 6) is -0.864. The molecular formula is C42H76NO8P. The Kier molecular flexibility index (Phi) is 37.2. The van der Waals surface area contributed by atoms with Gasteiger partial charge in [-0.05, 0) is 57.8 Å². The molecule has 0 amide bonds. The van der Waals surface area contributed by atoms with E-state index in [0.717, 1.165) is 77.0 Å². The van der Waals surface area contributed by atoms with Crippen molar-refractivity contribution >= 4 is 19.8 Å². The van der Waals surface area contributed by atoms with Gasteiger partial charge in [0.05, 0.1) is 13.2 Å². The number of rotatable bonds is 38. The van der Waals surface area contributed by atoms with Crippen molar-refractivity contribution in [2.75, 3.05) is 26.4 Å². The lowest BCUT2D eigenvalue weighted by Gasteiger charge is -2.19. The third-order valence-electron chi connectivity index (χ3n) is 8.51. The summed E-state index contributed by atoms with van der Waals surface area (Å²) in [6.07, 6.45) is 42.9. The van der Waals surface area contributed by atoms with Gasteiger partial charge in [-0.1, -0.05) is 152 Å². The Balaban J connectivity index is 4.19. The summed E-state index contributed by atoms with van der Waals surface area (Å²) in [5.41, 5.74) is 5.34. The molecule has 0 radical (unpaired) electrons. The van der Waals surface area contributed by atoms with E-state index in [1.54, 1.807) is 0 Å². The zero-order chi connectivity index (χ0) is 38.2. The van der Waals surface area contributed by atoms with Gasteiger partial charge in [0.1, 0.15) is 6.61 Å². The first-order valence-corrected chi connectivity index (χ1v) is 22.1. The number of carbonyl (C=O) groups is 2. The second-order valence-electron chi connectivity index (χ2n) is 13.5. The lowest BCUT2D eigenvalue weighted by Crippen LogP contribution is -2.29. The molecule has 0 bridgehead atoms. The summed E-state index contributed by atoms with van der Waals surface area (Å²) < 4.78 is 32.7. The number of phosphoric acid groups is 1. The fourth-order valence-electron chi connectivity index (χ4n) is 5.45. The van der Waals surface area contributed by atoms with Gasteiger partial charge >= 0.3 is 19.8 Å². The van der Waals surface area contributed by atoms with Gasteiger partial charge in [0.25, 0.3) is 0 Å². The topological polar surface area (TPSA) is 134 Å². The van der Waals surface area contributed by atoms with Gasteiger partial charge in [-0.15, -0.1) is 0 Å². The summed E-state index contributed by atoms with van der Waals surface area (Å²) in [7, 11) is -4.38. The highest BCUT2D eigenvalue weighted by Crippen LogP contribution is 2.43. The number of hydrogen-bond donors (Lipinski definition) is 2. The minimum atomic E-state index is -4.38. The van der Waals surface area contributed by atoms with Crippen LogP contribution in [0.2, 0.25) is 0 Å². The predicted octanol–water partition coefficient (Wildman–Crippen LogP) is 11.6. The molecule has 0 aliphatic rings. The first kappa shape index (κ1) is 50.0. The van der Waals surface area contributed by atoms with Gasteiger partial charge in [-0.2, -0.15) is 0 Å². The number of ether oxygens (including phenoxy) is 2. The van der Waals surface area contributed by atoms with E-state index < -0.39 is 32.5 Å². The largest absolute Gasteiger partial charge is 0.472 e. The third kappa shape index (κ3) is 37.7. The zero-order valence-electron chi connectivity index (χ0n) is 33.0. The Labute approximate surface area is 317 Å². The molecule has 2 unspecified atom stereocenters. The molecule has 0 fully saturated rings. The van der Waals surface area contributed by atoms with E-state index in [-0.39, 0.29) is 32.6 Å². The molecule has 0 spiro atoms. The van der Waals surface area contributed by atoms with Gasteiger partial charge in [-0.25, -0.2) is 4.57 Å². The maximum Gasteiger partial charge on any atom is 0.472 e. The smallest absolute Gasteiger partial charge is 0.462 e. The number of esters is 2. The molecule has 302 valence electrons. The molecule has 0 saturated carbocycles. The molecule has 52 heavy (non-hydrogen) atoms. The second-order valence-corrected chi connectivity index (χ2v) is 15.0. The van der Waals surface area contributed by atoms with Crippen molar-refractivity contribution in [3.8, 4) is 0 Å². The quantitative estimate of drug-likeness (QED) is 0.0208.